The van der Waals surface area contributed by atoms with Crippen LogP contribution in [0.3, 0.4) is 0 Å². The highest BCUT2D eigenvalue weighted by Crippen LogP contribution is 2.31. The minimum Gasteiger partial charge on any atom is -0.491 e. The van der Waals surface area contributed by atoms with Crippen LogP contribution in [0.25, 0.3) is 22.3 Å². The average Bonchev–Trinajstić information content (AvgIpc) is 3.21. The maximum Gasteiger partial charge on any atom is 0.163 e. The van der Waals surface area contributed by atoms with Crippen molar-refractivity contribution < 1.29 is 24.1 Å². The van der Waals surface area contributed by atoms with E-state index < -0.39 is 0 Å². The number of unbranched alkanes of at least 4 members (excludes halogenated alkanes) is 1. The van der Waals surface area contributed by atoms with Crippen molar-refractivity contribution in [2.45, 2.75) is 26.3 Å². The third kappa shape index (κ3) is 7.36. The zero-order valence-corrected chi connectivity index (χ0v) is 19.1. The molecule has 0 aliphatic carbocycles. The third-order valence-electron chi connectivity index (χ3n) is 4.89. The maximum atomic E-state index is 8.60. The van der Waals surface area contributed by atoms with Gasteiger partial charge in [0.05, 0.1) is 51.6 Å². The number of nitrogens with zero attached hydrogens (tertiary/aromatic N) is 4. The second-order valence-corrected chi connectivity index (χ2v) is 7.32. The van der Waals surface area contributed by atoms with E-state index in [4.69, 9.17) is 34.9 Å². The zero-order valence-electron chi connectivity index (χ0n) is 19.1. The van der Waals surface area contributed by atoms with Gasteiger partial charge in [-0.25, -0.2) is 14.6 Å². The molecule has 0 saturated carbocycles. The molecular formula is C23H33N5O5. The van der Waals surface area contributed by atoms with Gasteiger partial charge in [0.2, 0.25) is 0 Å². The fourth-order valence-corrected chi connectivity index (χ4v) is 3.23. The molecule has 2 heterocycles. The van der Waals surface area contributed by atoms with Crippen LogP contribution in [-0.2, 0) is 20.8 Å². The van der Waals surface area contributed by atoms with Crippen LogP contribution in [0.5, 0.6) is 5.75 Å². The Morgan fingerprint density at radius 1 is 0.909 bits per heavy atom. The molecule has 3 N–H and O–H groups in total. The molecule has 3 rings (SSSR count). The lowest BCUT2D eigenvalue weighted by molar-refractivity contribution is 0.00361. The Labute approximate surface area is 193 Å². The van der Waals surface area contributed by atoms with Gasteiger partial charge in [-0.15, -0.1) is 0 Å². The first-order chi connectivity index (χ1) is 16.2. The number of aryl methyl sites for hydroxylation is 1. The molecule has 3 aromatic rings. The number of nitrogen functional groups attached to an aromatic ring is 1. The lowest BCUT2D eigenvalue weighted by atomic mass is 10.1. The van der Waals surface area contributed by atoms with Crippen molar-refractivity contribution in [3.8, 4) is 17.0 Å². The molecule has 10 nitrogen and oxygen atoms in total. The van der Waals surface area contributed by atoms with E-state index in [9.17, 15) is 0 Å². The summed E-state index contributed by atoms with van der Waals surface area (Å²) in [5.74, 6) is 1.18. The summed E-state index contributed by atoms with van der Waals surface area (Å²) >= 11 is 0. The highest BCUT2D eigenvalue weighted by atomic mass is 16.6. The Morgan fingerprint density at radius 3 is 2.24 bits per heavy atom. The predicted octanol–water partition coefficient (Wildman–Crippen LogP) is 2.30. The number of fused-ring (bicyclic) bond motifs is 1. The first-order valence-corrected chi connectivity index (χ1v) is 11.3. The van der Waals surface area contributed by atoms with Gasteiger partial charge in [-0.3, -0.25) is 0 Å². The number of aliphatic hydroxyl groups excluding tert-OH is 1. The predicted molar refractivity (Wildman–Crippen MR) is 125 cm³/mol. The van der Waals surface area contributed by atoms with Gasteiger partial charge in [0.25, 0.3) is 0 Å². The second-order valence-electron chi connectivity index (χ2n) is 7.32. The van der Waals surface area contributed by atoms with Crippen molar-refractivity contribution in [1.29, 1.82) is 0 Å². The van der Waals surface area contributed by atoms with Gasteiger partial charge in [0.1, 0.15) is 30.2 Å². The summed E-state index contributed by atoms with van der Waals surface area (Å²) < 4.78 is 23.6. The van der Waals surface area contributed by atoms with Crippen LogP contribution in [0.1, 0.15) is 19.8 Å². The number of hydrogen-bond acceptors (Lipinski definition) is 9. The van der Waals surface area contributed by atoms with Crippen LogP contribution in [0, 0.1) is 0 Å². The number of benzene rings is 1. The van der Waals surface area contributed by atoms with E-state index in [1.807, 2.05) is 28.9 Å². The lowest BCUT2D eigenvalue weighted by Gasteiger charge is -2.08. The first-order valence-electron chi connectivity index (χ1n) is 11.3. The third-order valence-corrected chi connectivity index (χ3v) is 4.89. The summed E-state index contributed by atoms with van der Waals surface area (Å²) in [6.45, 7) is 6.11. The van der Waals surface area contributed by atoms with Crippen molar-refractivity contribution in [1.82, 2.24) is 19.7 Å². The highest BCUT2D eigenvalue weighted by molar-refractivity contribution is 5.98. The number of ether oxygens (including phenoxy) is 4. The molecule has 33 heavy (non-hydrogen) atoms. The fourth-order valence-electron chi connectivity index (χ4n) is 3.23. The Bertz CT molecular complexity index is 964. The van der Waals surface area contributed by atoms with Crippen LogP contribution in [0.2, 0.25) is 0 Å². The van der Waals surface area contributed by atoms with E-state index in [1.165, 1.54) is 6.33 Å². The van der Waals surface area contributed by atoms with Crippen LogP contribution < -0.4 is 10.5 Å². The number of nitrogens with two attached hydrogens (primary N) is 1. The lowest BCUT2D eigenvalue weighted by Crippen LogP contribution is -2.13. The number of hydrogen-bond donors (Lipinski definition) is 2. The Balaban J connectivity index is 1.46. The highest BCUT2D eigenvalue weighted by Gasteiger charge is 2.16. The molecule has 0 fully saturated rings. The number of rotatable bonds is 16. The number of aromatic nitrogens is 4. The molecule has 0 aliphatic heterocycles. The first kappa shape index (κ1) is 24.8. The SMILES string of the molecule is CCCCn1nc(-c2ccc(OCCOCCOCCOCCO)cc2)c2c(N)ncnc21. The largest absolute Gasteiger partial charge is 0.491 e. The maximum absolute atomic E-state index is 8.60. The van der Waals surface area contributed by atoms with Crippen molar-refractivity contribution >= 4 is 16.9 Å². The van der Waals surface area contributed by atoms with E-state index in [0.717, 1.165) is 47.4 Å². The molecule has 0 saturated heterocycles. The van der Waals surface area contributed by atoms with Gasteiger partial charge >= 0.3 is 0 Å². The van der Waals surface area contributed by atoms with Crippen molar-refractivity contribution in [3.05, 3.63) is 30.6 Å². The van der Waals surface area contributed by atoms with Gasteiger partial charge < -0.3 is 29.8 Å². The number of anilines is 1. The molecule has 0 radical (unpaired) electrons. The number of aliphatic hydroxyl groups is 1. The Morgan fingerprint density at radius 2 is 1.58 bits per heavy atom. The van der Waals surface area contributed by atoms with E-state index in [1.54, 1.807) is 0 Å². The molecule has 2 aromatic heterocycles. The molecule has 0 unspecified atom stereocenters. The minimum atomic E-state index is 0.0236. The molecule has 0 spiro atoms. The summed E-state index contributed by atoms with van der Waals surface area (Å²) in [4.78, 5) is 8.55. The van der Waals surface area contributed by atoms with E-state index in [-0.39, 0.29) is 6.61 Å². The molecule has 180 valence electrons. The standard InChI is InChI=1S/C23H33N5O5/c1-2-3-8-28-23-20(22(24)25-17-26-23)21(27-28)18-4-6-19(7-5-18)33-16-15-32-14-13-31-12-11-30-10-9-29/h4-7,17,29H,2-3,8-16H2,1H3,(H2,24,25,26). The van der Waals surface area contributed by atoms with E-state index >= 15 is 0 Å². The summed E-state index contributed by atoms with van der Waals surface area (Å²) in [5, 5.41) is 14.1. The summed E-state index contributed by atoms with van der Waals surface area (Å²) in [5.41, 5.74) is 8.61. The molecule has 1 aromatic carbocycles. The quantitative estimate of drug-likeness (QED) is 0.310. The summed E-state index contributed by atoms with van der Waals surface area (Å²) in [6.07, 6.45) is 3.56. The summed E-state index contributed by atoms with van der Waals surface area (Å²) in [7, 11) is 0. The second kappa shape index (κ2) is 13.7. The molecule has 0 amide bonds. The van der Waals surface area contributed by atoms with Gasteiger partial charge in [-0.05, 0) is 30.7 Å². The van der Waals surface area contributed by atoms with Gasteiger partial charge in [0.15, 0.2) is 5.65 Å². The molecular weight excluding hydrogens is 426 g/mol. The smallest absolute Gasteiger partial charge is 0.163 e. The van der Waals surface area contributed by atoms with E-state index in [2.05, 4.69) is 16.9 Å². The molecule has 10 heteroatoms. The molecule has 0 bridgehead atoms. The zero-order chi connectivity index (χ0) is 23.3. The Hall–Kier alpha value is -2.79. The van der Waals surface area contributed by atoms with Crippen LogP contribution in [0.4, 0.5) is 5.82 Å². The van der Waals surface area contributed by atoms with Gasteiger partial charge in [0, 0.05) is 12.1 Å². The van der Waals surface area contributed by atoms with Gasteiger partial charge in [-0.2, -0.15) is 5.10 Å². The van der Waals surface area contributed by atoms with Crippen LogP contribution >= 0.6 is 0 Å². The van der Waals surface area contributed by atoms with Crippen LogP contribution in [0.15, 0.2) is 30.6 Å². The van der Waals surface area contributed by atoms with Crippen LogP contribution in [-0.4, -0.2) is 77.7 Å². The monoisotopic (exact) mass is 459 g/mol. The normalized spacial score (nSPS) is 11.3. The molecule has 0 atom stereocenters. The van der Waals surface area contributed by atoms with Crippen molar-refractivity contribution in [2.75, 3.05) is 58.6 Å². The van der Waals surface area contributed by atoms with Crippen molar-refractivity contribution in [3.63, 3.8) is 0 Å². The fraction of sp³-hybridized carbons (Fsp3) is 0.522. The Kier molecular flexibility index (Phi) is 10.3. The average molecular weight is 460 g/mol. The van der Waals surface area contributed by atoms with E-state index in [0.29, 0.717) is 52.1 Å². The summed E-state index contributed by atoms with van der Waals surface area (Å²) in [6, 6.07) is 7.73. The van der Waals surface area contributed by atoms with Gasteiger partial charge in [-0.1, -0.05) is 13.3 Å². The topological polar surface area (TPSA) is 127 Å². The minimum absolute atomic E-state index is 0.0236. The molecule has 0 aliphatic rings. The van der Waals surface area contributed by atoms with Crippen molar-refractivity contribution in [2.24, 2.45) is 0 Å².